The van der Waals surface area contributed by atoms with Crippen LogP contribution < -0.4 is 27.6 Å². The molecule has 1 aromatic rings. The van der Waals surface area contributed by atoms with E-state index in [4.69, 9.17) is 11.7 Å². The highest BCUT2D eigenvalue weighted by atomic mass is 19.1. The molecule has 0 aromatic carbocycles. The Morgan fingerprint density at radius 3 is 2.71 bits per heavy atom. The molecule has 1 unspecified atom stereocenters. The van der Waals surface area contributed by atoms with E-state index in [1.165, 1.54) is 29.6 Å². The summed E-state index contributed by atoms with van der Waals surface area (Å²) in [5.74, 6) is 12.1. The summed E-state index contributed by atoms with van der Waals surface area (Å²) in [6.45, 7) is 1.70. The van der Waals surface area contributed by atoms with Crippen LogP contribution in [0.1, 0.15) is 35.1 Å². The lowest BCUT2D eigenvalue weighted by Crippen LogP contribution is -2.44. The van der Waals surface area contributed by atoms with E-state index in [0.29, 0.717) is 46.3 Å². The summed E-state index contributed by atoms with van der Waals surface area (Å²) in [5.41, 5.74) is 2.97. The molecule has 3 heterocycles. The molecule has 2 aliphatic heterocycles. The molecule has 4 rings (SSSR count). The minimum Gasteiger partial charge on any atom is -0.367 e. The molecule has 0 spiro atoms. The molecule has 12 heteroatoms. The lowest BCUT2D eigenvalue weighted by molar-refractivity contribution is -0.127. The normalized spacial score (nSPS) is 19.4. The number of dihydropyridines is 1. The number of urea groups is 1. The Kier molecular flexibility index (Phi) is 6.16. The standard InChI is InChI=1S/C22H27FN8O3/c1-12(32)30(24)18-9-13(7-8-27-18)21-20(28-15-5-3-14(23)4-6-15)19-16(31(21)25)10-29(11-17(19)33)22(34)26-2/h3,5-7,9,14,27-28H,4,8,10-11,24-25H2,1-2H3,(H,26,34). The lowest BCUT2D eigenvalue weighted by atomic mass is 10.0. The first-order valence-corrected chi connectivity index (χ1v) is 10.7. The van der Waals surface area contributed by atoms with Crippen molar-refractivity contribution in [2.45, 2.75) is 26.1 Å². The summed E-state index contributed by atoms with van der Waals surface area (Å²) in [6.07, 6.45) is 7.38. The second-order valence-corrected chi connectivity index (χ2v) is 8.10. The van der Waals surface area contributed by atoms with Gasteiger partial charge in [0.25, 0.3) is 0 Å². The molecule has 1 atom stereocenters. The van der Waals surface area contributed by atoms with Gasteiger partial charge in [-0.1, -0.05) is 12.2 Å². The predicted octanol–water partition coefficient (Wildman–Crippen LogP) is 0.684. The first-order valence-electron chi connectivity index (χ1n) is 10.7. The average molecular weight is 471 g/mol. The SMILES string of the molecule is CNC(=O)N1CC(=O)c2c(NC3=CCC(F)C=C3)c(C3=CCNC(N(N)C(C)=O)=C3)n(N)c2C1. The first-order chi connectivity index (χ1) is 16.2. The largest absolute Gasteiger partial charge is 0.367 e. The van der Waals surface area contributed by atoms with Crippen molar-refractivity contribution in [3.05, 3.63) is 58.8 Å². The number of anilines is 1. The van der Waals surface area contributed by atoms with Crippen LogP contribution in [0, 0.1) is 0 Å². The van der Waals surface area contributed by atoms with Crippen LogP contribution >= 0.6 is 0 Å². The average Bonchev–Trinajstić information content (AvgIpc) is 3.11. The number of nitrogen functional groups attached to an aromatic ring is 1. The molecule has 0 saturated carbocycles. The number of aromatic nitrogens is 1. The molecular weight excluding hydrogens is 443 g/mol. The Bertz CT molecular complexity index is 1180. The number of amides is 3. The van der Waals surface area contributed by atoms with Crippen molar-refractivity contribution in [3.8, 4) is 0 Å². The number of carbonyl (C=O) groups excluding carboxylic acids is 3. The summed E-state index contributed by atoms with van der Waals surface area (Å²) < 4.78 is 15.0. The Hall–Kier alpha value is -4.06. The number of nitrogens with zero attached hydrogens (tertiary/aromatic N) is 3. The highest BCUT2D eigenvalue weighted by molar-refractivity contribution is 6.09. The minimum atomic E-state index is -1.07. The van der Waals surface area contributed by atoms with Gasteiger partial charge in [-0.25, -0.2) is 20.0 Å². The van der Waals surface area contributed by atoms with Crippen LogP contribution in [0.5, 0.6) is 0 Å². The Labute approximate surface area is 195 Å². The van der Waals surface area contributed by atoms with Gasteiger partial charge < -0.3 is 26.7 Å². The van der Waals surface area contributed by atoms with Gasteiger partial charge in [0.05, 0.1) is 35.7 Å². The first kappa shape index (κ1) is 23.1. The number of nitrogens with two attached hydrogens (primary N) is 2. The summed E-state index contributed by atoms with van der Waals surface area (Å²) in [5, 5.41) is 9.77. The number of rotatable bonds is 4. The van der Waals surface area contributed by atoms with E-state index in [9.17, 15) is 18.8 Å². The zero-order valence-electron chi connectivity index (χ0n) is 18.9. The van der Waals surface area contributed by atoms with Crippen LogP contribution in [0.15, 0.2) is 41.9 Å². The highest BCUT2D eigenvalue weighted by Gasteiger charge is 2.35. The fourth-order valence-corrected chi connectivity index (χ4v) is 4.13. The lowest BCUT2D eigenvalue weighted by Gasteiger charge is -2.26. The summed E-state index contributed by atoms with van der Waals surface area (Å²) in [7, 11) is 1.49. The zero-order chi connectivity index (χ0) is 24.6. The number of ketones is 1. The molecule has 11 nitrogen and oxygen atoms in total. The van der Waals surface area contributed by atoms with Crippen LogP contribution in [0.2, 0.25) is 0 Å². The third-order valence-electron chi connectivity index (χ3n) is 5.85. The Morgan fingerprint density at radius 1 is 1.29 bits per heavy atom. The van der Waals surface area contributed by atoms with Crippen molar-refractivity contribution in [3.63, 3.8) is 0 Å². The highest BCUT2D eigenvalue weighted by Crippen LogP contribution is 2.38. The maximum atomic E-state index is 13.6. The molecule has 7 N–H and O–H groups in total. The second kappa shape index (κ2) is 9.06. The molecule has 3 aliphatic rings. The topological polar surface area (TPSA) is 151 Å². The monoisotopic (exact) mass is 470 g/mol. The smallest absolute Gasteiger partial charge is 0.317 e. The van der Waals surface area contributed by atoms with Gasteiger partial charge in [0.2, 0.25) is 5.91 Å². The van der Waals surface area contributed by atoms with Gasteiger partial charge in [-0.05, 0) is 18.2 Å². The molecule has 180 valence electrons. The van der Waals surface area contributed by atoms with Crippen molar-refractivity contribution in [2.75, 3.05) is 31.3 Å². The molecule has 0 bridgehead atoms. The number of carbonyl (C=O) groups is 3. The molecule has 0 radical (unpaired) electrons. The fourth-order valence-electron chi connectivity index (χ4n) is 4.13. The molecule has 3 amide bonds. The molecular formula is C22H27FN8O3. The quantitative estimate of drug-likeness (QED) is 0.247. The fraction of sp³-hybridized carbons (Fsp3) is 0.318. The molecule has 1 aliphatic carbocycles. The number of halogens is 1. The van der Waals surface area contributed by atoms with Crippen LogP contribution in [-0.2, 0) is 11.3 Å². The molecule has 1 aromatic heterocycles. The van der Waals surface area contributed by atoms with Gasteiger partial charge in [-0.3, -0.25) is 14.3 Å². The van der Waals surface area contributed by atoms with Gasteiger partial charge in [0.15, 0.2) is 5.78 Å². The van der Waals surface area contributed by atoms with E-state index in [0.717, 1.165) is 5.01 Å². The van der Waals surface area contributed by atoms with Crippen molar-refractivity contribution in [2.24, 2.45) is 5.84 Å². The number of hydrogen-bond donors (Lipinski definition) is 5. The van der Waals surface area contributed by atoms with Gasteiger partial charge in [0, 0.05) is 38.2 Å². The van der Waals surface area contributed by atoms with Gasteiger partial charge in [-0.2, -0.15) is 0 Å². The molecule has 0 saturated heterocycles. The predicted molar refractivity (Wildman–Crippen MR) is 125 cm³/mol. The maximum Gasteiger partial charge on any atom is 0.317 e. The summed E-state index contributed by atoms with van der Waals surface area (Å²) in [6, 6.07) is -0.397. The van der Waals surface area contributed by atoms with Crippen LogP contribution in [0.4, 0.5) is 14.9 Å². The third-order valence-corrected chi connectivity index (χ3v) is 5.85. The van der Waals surface area contributed by atoms with Crippen molar-refractivity contribution >= 4 is 29.0 Å². The van der Waals surface area contributed by atoms with Gasteiger partial charge in [-0.15, -0.1) is 0 Å². The van der Waals surface area contributed by atoms with Crippen LogP contribution in [0.3, 0.4) is 0 Å². The van der Waals surface area contributed by atoms with E-state index in [-0.39, 0.29) is 31.2 Å². The van der Waals surface area contributed by atoms with E-state index >= 15 is 0 Å². The number of hydrogen-bond acceptors (Lipinski definition) is 7. The van der Waals surface area contributed by atoms with Gasteiger partial charge in [0.1, 0.15) is 12.0 Å². The number of fused-ring (bicyclic) bond motifs is 1. The summed E-state index contributed by atoms with van der Waals surface area (Å²) in [4.78, 5) is 38.5. The molecule has 34 heavy (non-hydrogen) atoms. The number of hydrazine groups is 1. The van der Waals surface area contributed by atoms with E-state index < -0.39 is 12.2 Å². The number of Topliss-reactive ketones (excluding diaryl/α,β-unsaturated/α-hetero) is 1. The van der Waals surface area contributed by atoms with Crippen molar-refractivity contribution in [1.82, 2.24) is 25.2 Å². The Balaban J connectivity index is 1.83. The number of allylic oxidation sites excluding steroid dienone is 5. The molecule has 0 fully saturated rings. The number of nitrogens with one attached hydrogen (secondary N) is 3. The van der Waals surface area contributed by atoms with Crippen LogP contribution in [0.25, 0.3) is 5.57 Å². The zero-order valence-corrected chi connectivity index (χ0v) is 18.9. The third kappa shape index (κ3) is 4.15. The van der Waals surface area contributed by atoms with Crippen LogP contribution in [-0.4, -0.2) is 58.6 Å². The number of alkyl halides is 1. The van der Waals surface area contributed by atoms with E-state index in [1.807, 2.05) is 6.08 Å². The van der Waals surface area contributed by atoms with Gasteiger partial charge >= 0.3 is 6.03 Å². The Morgan fingerprint density at radius 2 is 2.06 bits per heavy atom. The second-order valence-electron chi connectivity index (χ2n) is 8.10. The van der Waals surface area contributed by atoms with Crippen molar-refractivity contribution < 1.29 is 18.8 Å². The minimum absolute atomic E-state index is 0.116. The summed E-state index contributed by atoms with van der Waals surface area (Å²) >= 11 is 0. The van der Waals surface area contributed by atoms with Crippen molar-refractivity contribution in [1.29, 1.82) is 0 Å². The maximum absolute atomic E-state index is 13.6. The van der Waals surface area contributed by atoms with E-state index in [1.54, 1.807) is 18.2 Å². The van der Waals surface area contributed by atoms with E-state index in [2.05, 4.69) is 16.0 Å².